The molecule has 1 N–H and O–H groups in total. The highest BCUT2D eigenvalue weighted by atomic mass is 35.5. The molecule has 0 bridgehead atoms. The van der Waals surface area contributed by atoms with Crippen LogP contribution in [0.5, 0.6) is 5.75 Å². The van der Waals surface area contributed by atoms with Gasteiger partial charge in [0.15, 0.2) is 5.75 Å². The van der Waals surface area contributed by atoms with E-state index < -0.39 is 15.4 Å². The molecule has 1 fully saturated rings. The third-order valence-electron chi connectivity index (χ3n) is 6.87. The molecular weight excluding hydrogens is 529 g/mol. The van der Waals surface area contributed by atoms with Crippen LogP contribution in [0, 0.1) is 11.3 Å². The number of hydrogen-bond donors (Lipinski definition) is 1. The minimum atomic E-state index is -3.18. The molecule has 0 atom stereocenters. The van der Waals surface area contributed by atoms with Crippen LogP contribution in [0.2, 0.25) is 5.02 Å². The standard InChI is InChI=1S/C28H29Cl2N3O3S/c1-28(2,23-12-21(16-31)27(25(30)15-23)36-11-10-29)22-7-4-18(5-8-22)19-6-9-26(32-17-19)20-13-24(14-20)33-37(3,34)35/h4-9,12,15,17,20,24,33H,10-11,13-14H2,1-3H3. The molecule has 1 aliphatic rings. The van der Waals surface area contributed by atoms with E-state index in [-0.39, 0.29) is 18.6 Å². The molecule has 0 spiro atoms. The van der Waals surface area contributed by atoms with Gasteiger partial charge in [0.25, 0.3) is 0 Å². The van der Waals surface area contributed by atoms with Gasteiger partial charge in [0.05, 0.1) is 22.7 Å². The minimum Gasteiger partial charge on any atom is -0.489 e. The molecule has 0 unspecified atom stereocenters. The van der Waals surface area contributed by atoms with E-state index in [1.165, 1.54) is 6.26 Å². The molecule has 1 aromatic heterocycles. The number of nitrogens with zero attached hydrogens (tertiary/aromatic N) is 2. The minimum absolute atomic E-state index is 0.00846. The molecule has 0 saturated heterocycles. The fourth-order valence-electron chi connectivity index (χ4n) is 4.65. The number of sulfonamides is 1. The van der Waals surface area contributed by atoms with Crippen LogP contribution in [-0.2, 0) is 15.4 Å². The van der Waals surface area contributed by atoms with Crippen molar-refractivity contribution in [3.63, 3.8) is 0 Å². The van der Waals surface area contributed by atoms with Gasteiger partial charge < -0.3 is 4.74 Å². The zero-order chi connectivity index (χ0) is 26.8. The number of alkyl halides is 1. The maximum atomic E-state index is 11.4. The van der Waals surface area contributed by atoms with Gasteiger partial charge in [-0.25, -0.2) is 13.1 Å². The number of pyridine rings is 1. The highest BCUT2D eigenvalue weighted by Crippen LogP contribution is 2.39. The van der Waals surface area contributed by atoms with Gasteiger partial charge in [-0.1, -0.05) is 55.8 Å². The molecule has 4 rings (SSSR count). The zero-order valence-electron chi connectivity index (χ0n) is 21.0. The summed E-state index contributed by atoms with van der Waals surface area (Å²) in [6, 6.07) is 18.2. The largest absolute Gasteiger partial charge is 0.489 e. The Morgan fingerprint density at radius 2 is 1.78 bits per heavy atom. The van der Waals surface area contributed by atoms with Crippen molar-refractivity contribution in [1.82, 2.24) is 9.71 Å². The van der Waals surface area contributed by atoms with E-state index in [2.05, 4.69) is 60.0 Å². The SMILES string of the molecule is CC(C)(c1ccc(-c2ccc(C3CC(NS(C)(=O)=O)C3)nc2)cc1)c1cc(Cl)c(OCCCl)c(C#N)c1. The number of halogens is 2. The third-order valence-corrected chi connectivity index (χ3v) is 8.07. The Morgan fingerprint density at radius 1 is 1.11 bits per heavy atom. The summed E-state index contributed by atoms with van der Waals surface area (Å²) in [5.41, 5.74) is 5.01. The summed E-state index contributed by atoms with van der Waals surface area (Å²) in [5.74, 6) is 0.941. The molecular formula is C28H29Cl2N3O3S. The average molecular weight is 559 g/mol. The highest BCUT2D eigenvalue weighted by molar-refractivity contribution is 7.88. The van der Waals surface area contributed by atoms with Crippen molar-refractivity contribution in [2.45, 2.75) is 44.1 Å². The Hall–Kier alpha value is -2.63. The van der Waals surface area contributed by atoms with Crippen LogP contribution in [0.3, 0.4) is 0 Å². The number of benzene rings is 2. The Labute approximate surface area is 228 Å². The van der Waals surface area contributed by atoms with Gasteiger partial charge in [-0.3, -0.25) is 4.98 Å². The Morgan fingerprint density at radius 3 is 2.35 bits per heavy atom. The topological polar surface area (TPSA) is 92.1 Å². The van der Waals surface area contributed by atoms with Crippen LogP contribution < -0.4 is 9.46 Å². The lowest BCUT2D eigenvalue weighted by molar-refractivity contribution is 0.321. The first-order valence-electron chi connectivity index (χ1n) is 12.0. The monoisotopic (exact) mass is 557 g/mol. The van der Waals surface area contributed by atoms with Gasteiger partial charge in [0.1, 0.15) is 12.7 Å². The first-order chi connectivity index (χ1) is 17.5. The Kier molecular flexibility index (Phi) is 8.15. The van der Waals surface area contributed by atoms with Crippen molar-refractivity contribution in [1.29, 1.82) is 5.26 Å². The first kappa shape index (κ1) is 27.4. The smallest absolute Gasteiger partial charge is 0.208 e. The zero-order valence-corrected chi connectivity index (χ0v) is 23.3. The quantitative estimate of drug-likeness (QED) is 0.325. The Balaban J connectivity index is 1.49. The molecule has 6 nitrogen and oxygen atoms in total. The predicted octanol–water partition coefficient (Wildman–Crippen LogP) is 6.01. The summed E-state index contributed by atoms with van der Waals surface area (Å²) in [7, 11) is -3.18. The number of ether oxygens (including phenoxy) is 1. The summed E-state index contributed by atoms with van der Waals surface area (Å²) < 4.78 is 31.0. The molecule has 0 radical (unpaired) electrons. The molecule has 0 aliphatic heterocycles. The molecule has 37 heavy (non-hydrogen) atoms. The first-order valence-corrected chi connectivity index (χ1v) is 14.8. The van der Waals surface area contributed by atoms with E-state index in [1.54, 1.807) is 0 Å². The van der Waals surface area contributed by atoms with Crippen LogP contribution in [0.1, 0.15) is 55.0 Å². The van der Waals surface area contributed by atoms with E-state index >= 15 is 0 Å². The van der Waals surface area contributed by atoms with Crippen molar-refractivity contribution in [2.75, 3.05) is 18.7 Å². The molecule has 2 aromatic carbocycles. The van der Waals surface area contributed by atoms with E-state index in [0.717, 1.165) is 40.8 Å². The molecule has 1 aliphatic carbocycles. The van der Waals surface area contributed by atoms with Crippen LogP contribution in [0.25, 0.3) is 11.1 Å². The van der Waals surface area contributed by atoms with Crippen LogP contribution in [-0.4, -0.2) is 38.2 Å². The summed E-state index contributed by atoms with van der Waals surface area (Å²) in [5, 5.41) is 10.0. The predicted molar refractivity (Wildman–Crippen MR) is 148 cm³/mol. The lowest BCUT2D eigenvalue weighted by Gasteiger charge is -2.34. The summed E-state index contributed by atoms with van der Waals surface area (Å²) in [4.78, 5) is 4.64. The van der Waals surface area contributed by atoms with Gasteiger partial charge in [-0.2, -0.15) is 5.26 Å². The third kappa shape index (κ3) is 6.27. The van der Waals surface area contributed by atoms with Gasteiger partial charge in [0, 0.05) is 34.8 Å². The second kappa shape index (κ2) is 11.0. The van der Waals surface area contributed by atoms with E-state index in [4.69, 9.17) is 27.9 Å². The van der Waals surface area contributed by atoms with Crippen LogP contribution in [0.15, 0.2) is 54.7 Å². The van der Waals surface area contributed by atoms with Crippen LogP contribution >= 0.6 is 23.2 Å². The van der Waals surface area contributed by atoms with Crippen molar-refractivity contribution >= 4 is 33.2 Å². The average Bonchev–Trinajstić information content (AvgIpc) is 2.84. The van der Waals surface area contributed by atoms with E-state index in [1.807, 2.05) is 24.4 Å². The number of hydrogen-bond acceptors (Lipinski definition) is 5. The van der Waals surface area contributed by atoms with Crippen LogP contribution in [0.4, 0.5) is 0 Å². The lowest BCUT2D eigenvalue weighted by atomic mass is 9.77. The van der Waals surface area contributed by atoms with Crippen molar-refractivity contribution in [3.05, 3.63) is 82.1 Å². The molecule has 194 valence electrons. The molecule has 9 heteroatoms. The summed E-state index contributed by atoms with van der Waals surface area (Å²) >= 11 is 12.2. The fraction of sp³-hybridized carbons (Fsp3) is 0.357. The van der Waals surface area contributed by atoms with Gasteiger partial charge in [-0.05, 0) is 47.7 Å². The second-order valence-corrected chi connectivity index (χ2v) is 12.5. The highest BCUT2D eigenvalue weighted by Gasteiger charge is 2.33. The number of nitrogens with one attached hydrogen (secondary N) is 1. The van der Waals surface area contributed by atoms with E-state index in [0.29, 0.717) is 22.2 Å². The maximum absolute atomic E-state index is 11.4. The number of rotatable bonds is 9. The number of nitriles is 1. The summed E-state index contributed by atoms with van der Waals surface area (Å²) in [6.07, 6.45) is 4.58. The lowest BCUT2D eigenvalue weighted by Crippen LogP contribution is -2.42. The molecule has 1 heterocycles. The van der Waals surface area contributed by atoms with Gasteiger partial charge in [-0.15, -0.1) is 11.6 Å². The number of aromatic nitrogens is 1. The Bertz CT molecular complexity index is 1410. The van der Waals surface area contributed by atoms with Crippen molar-refractivity contribution < 1.29 is 13.2 Å². The van der Waals surface area contributed by atoms with Crippen molar-refractivity contribution in [3.8, 4) is 22.9 Å². The van der Waals surface area contributed by atoms with Crippen molar-refractivity contribution in [2.24, 2.45) is 0 Å². The molecule has 3 aromatic rings. The maximum Gasteiger partial charge on any atom is 0.208 e. The fourth-order valence-corrected chi connectivity index (χ4v) is 5.80. The van der Waals surface area contributed by atoms with Gasteiger partial charge in [0.2, 0.25) is 10.0 Å². The second-order valence-electron chi connectivity index (χ2n) is 9.91. The molecule has 0 amide bonds. The normalized spacial score (nSPS) is 17.6. The summed E-state index contributed by atoms with van der Waals surface area (Å²) in [6.45, 7) is 4.46. The van der Waals surface area contributed by atoms with E-state index in [9.17, 15) is 13.7 Å². The molecule has 1 saturated carbocycles. The van der Waals surface area contributed by atoms with Gasteiger partial charge >= 0.3 is 0 Å².